The minimum Gasteiger partial charge on any atom is -0.432 e. The number of carbonyl (C=O) groups excluding carboxylic acids is 1. The molecule has 14 heavy (non-hydrogen) atoms. The lowest BCUT2D eigenvalue weighted by Gasteiger charge is -2.24. The number of aliphatic hydroxyl groups excluding tert-OH is 3. The number of aliphatic hydroxyl groups is 4. The average molecular weight is 210 g/mol. The van der Waals surface area contributed by atoms with Crippen LogP contribution in [0, 0.1) is 0 Å². The van der Waals surface area contributed by atoms with E-state index in [2.05, 4.69) is 4.74 Å². The molecule has 7 nitrogen and oxygen atoms in total. The molecule has 0 aliphatic heterocycles. The minimum atomic E-state index is -2.03. The second-order valence-electron chi connectivity index (χ2n) is 2.61. The van der Waals surface area contributed by atoms with Gasteiger partial charge in [0.05, 0.1) is 12.7 Å². The number of carbonyl (C=O) groups is 1. The molecule has 0 aromatic carbocycles. The average Bonchev–Trinajstić information content (AvgIpc) is 2.11. The van der Waals surface area contributed by atoms with Crippen LogP contribution in [0.2, 0.25) is 0 Å². The Balaban J connectivity index is 4.17. The van der Waals surface area contributed by atoms with Crippen molar-refractivity contribution < 1.29 is 34.7 Å². The smallest absolute Gasteiger partial charge is 0.295 e. The molecule has 4 N–H and O–H groups in total. The Hall–Kier alpha value is -0.730. The predicted octanol–water partition coefficient (Wildman–Crippen LogP) is -2.45. The highest BCUT2D eigenvalue weighted by atomic mass is 16.7. The maximum absolute atomic E-state index is 9.91. The third-order valence-corrected chi connectivity index (χ3v) is 1.46. The highest BCUT2D eigenvalue weighted by Crippen LogP contribution is 2.06. The molecular weight excluding hydrogens is 196 g/mol. The monoisotopic (exact) mass is 210 g/mol. The van der Waals surface area contributed by atoms with Gasteiger partial charge in [-0.25, -0.2) is 0 Å². The largest absolute Gasteiger partial charge is 0.432 e. The molecule has 0 rings (SSSR count). The lowest BCUT2D eigenvalue weighted by molar-refractivity contribution is -0.266. The molecule has 0 aromatic heterocycles. The minimum absolute atomic E-state index is 0.0272. The normalized spacial score (nSPS) is 17.6. The van der Waals surface area contributed by atoms with E-state index in [0.717, 1.165) is 0 Å². The first kappa shape index (κ1) is 13.3. The van der Waals surface area contributed by atoms with E-state index in [0.29, 0.717) is 0 Å². The van der Waals surface area contributed by atoms with Crippen molar-refractivity contribution in [3.05, 3.63) is 0 Å². The maximum atomic E-state index is 9.91. The van der Waals surface area contributed by atoms with Crippen LogP contribution in [0.15, 0.2) is 0 Å². The second-order valence-corrected chi connectivity index (χ2v) is 2.61. The van der Waals surface area contributed by atoms with Crippen LogP contribution in [0.25, 0.3) is 0 Å². The van der Waals surface area contributed by atoms with Crippen LogP contribution in [-0.2, 0) is 14.3 Å². The van der Waals surface area contributed by atoms with Gasteiger partial charge in [-0.15, -0.1) is 0 Å². The van der Waals surface area contributed by atoms with Crippen LogP contribution < -0.4 is 0 Å². The summed E-state index contributed by atoms with van der Waals surface area (Å²) in [7, 11) is 0. The molecule has 0 spiro atoms. The fourth-order valence-corrected chi connectivity index (χ4v) is 0.709. The van der Waals surface area contributed by atoms with Gasteiger partial charge >= 0.3 is 0 Å². The molecule has 0 saturated heterocycles. The Bertz CT molecular complexity index is 158. The fourth-order valence-electron chi connectivity index (χ4n) is 0.709. The van der Waals surface area contributed by atoms with E-state index in [9.17, 15) is 4.79 Å². The summed E-state index contributed by atoms with van der Waals surface area (Å²) in [5.41, 5.74) is 0. The topological polar surface area (TPSA) is 116 Å². The summed E-state index contributed by atoms with van der Waals surface area (Å²) in [5.74, 6) is 0. The highest BCUT2D eigenvalue weighted by Gasteiger charge is 2.25. The van der Waals surface area contributed by atoms with Gasteiger partial charge in [0.1, 0.15) is 6.10 Å². The van der Waals surface area contributed by atoms with Crippen LogP contribution in [0.3, 0.4) is 0 Å². The van der Waals surface area contributed by atoms with E-state index in [1.807, 2.05) is 0 Å². The Morgan fingerprint density at radius 3 is 2.21 bits per heavy atom. The van der Waals surface area contributed by atoms with Gasteiger partial charge in [-0.2, -0.15) is 0 Å². The van der Waals surface area contributed by atoms with Gasteiger partial charge in [0.25, 0.3) is 12.8 Å². The van der Waals surface area contributed by atoms with Crippen LogP contribution >= 0.6 is 0 Å². The SMILES string of the molecule is CC(O)C(CO)OC(OC=O)C(O)O. The molecule has 0 saturated carbocycles. The van der Waals surface area contributed by atoms with E-state index in [1.54, 1.807) is 0 Å². The van der Waals surface area contributed by atoms with Gasteiger partial charge in [-0.1, -0.05) is 0 Å². The van der Waals surface area contributed by atoms with E-state index >= 15 is 0 Å². The third-order valence-electron chi connectivity index (χ3n) is 1.46. The highest BCUT2D eigenvalue weighted by molar-refractivity contribution is 5.37. The van der Waals surface area contributed by atoms with Gasteiger partial charge < -0.3 is 29.9 Å². The molecular formula is C7H14O7. The van der Waals surface area contributed by atoms with Gasteiger partial charge in [0.2, 0.25) is 6.29 Å². The number of hydrogen-bond donors (Lipinski definition) is 4. The second kappa shape index (κ2) is 6.68. The zero-order valence-corrected chi connectivity index (χ0v) is 7.61. The van der Waals surface area contributed by atoms with E-state index < -0.39 is 31.4 Å². The van der Waals surface area contributed by atoms with Crippen molar-refractivity contribution in [2.24, 2.45) is 0 Å². The summed E-state index contributed by atoms with van der Waals surface area (Å²) in [6.45, 7) is 0.770. The summed E-state index contributed by atoms with van der Waals surface area (Å²) >= 11 is 0. The van der Waals surface area contributed by atoms with Crippen molar-refractivity contribution >= 4 is 6.47 Å². The summed E-state index contributed by atoms with van der Waals surface area (Å²) in [4.78, 5) is 9.91. The summed E-state index contributed by atoms with van der Waals surface area (Å²) in [6, 6.07) is 0. The Kier molecular flexibility index (Phi) is 6.34. The molecule has 0 aliphatic rings. The molecule has 7 heteroatoms. The Labute approximate surface area is 80.5 Å². The van der Waals surface area contributed by atoms with Gasteiger partial charge in [0.15, 0.2) is 0 Å². The molecule has 0 aliphatic carbocycles. The molecule has 84 valence electrons. The molecule has 3 unspecified atom stereocenters. The molecule has 0 radical (unpaired) electrons. The van der Waals surface area contributed by atoms with Crippen molar-refractivity contribution in [1.82, 2.24) is 0 Å². The quantitative estimate of drug-likeness (QED) is 0.272. The zero-order chi connectivity index (χ0) is 11.1. The molecule has 3 atom stereocenters. The fraction of sp³-hybridized carbons (Fsp3) is 0.857. The first-order valence-electron chi connectivity index (χ1n) is 3.92. The Morgan fingerprint density at radius 1 is 1.36 bits per heavy atom. The van der Waals surface area contributed by atoms with Gasteiger partial charge in [0, 0.05) is 0 Å². The van der Waals surface area contributed by atoms with Crippen LogP contribution in [0.1, 0.15) is 6.92 Å². The summed E-state index contributed by atoms with van der Waals surface area (Å²) in [5, 5.41) is 35.0. The first-order valence-corrected chi connectivity index (χ1v) is 3.92. The summed E-state index contributed by atoms with van der Waals surface area (Å²) in [6.07, 6.45) is -5.74. The molecule has 0 heterocycles. The molecule has 0 amide bonds. The van der Waals surface area contributed by atoms with Crippen molar-refractivity contribution in [3.63, 3.8) is 0 Å². The van der Waals surface area contributed by atoms with Crippen LogP contribution in [0.5, 0.6) is 0 Å². The van der Waals surface area contributed by atoms with E-state index in [-0.39, 0.29) is 6.47 Å². The van der Waals surface area contributed by atoms with Crippen molar-refractivity contribution in [2.45, 2.75) is 31.7 Å². The van der Waals surface area contributed by atoms with Crippen LogP contribution in [0.4, 0.5) is 0 Å². The van der Waals surface area contributed by atoms with Crippen molar-refractivity contribution in [3.8, 4) is 0 Å². The van der Waals surface area contributed by atoms with Crippen molar-refractivity contribution in [1.29, 1.82) is 0 Å². The third kappa shape index (κ3) is 4.49. The summed E-state index contributed by atoms with van der Waals surface area (Å²) < 4.78 is 8.87. The van der Waals surface area contributed by atoms with Gasteiger partial charge in [-0.05, 0) is 6.92 Å². The number of hydrogen-bond acceptors (Lipinski definition) is 7. The first-order chi connectivity index (χ1) is 6.52. The van der Waals surface area contributed by atoms with E-state index in [1.165, 1.54) is 6.92 Å². The maximum Gasteiger partial charge on any atom is 0.295 e. The zero-order valence-electron chi connectivity index (χ0n) is 7.61. The molecule has 0 bridgehead atoms. The Morgan fingerprint density at radius 2 is 1.93 bits per heavy atom. The predicted molar refractivity (Wildman–Crippen MR) is 42.8 cm³/mol. The lowest BCUT2D eigenvalue weighted by atomic mass is 10.2. The standard InChI is InChI=1S/C7H14O7/c1-4(10)5(2-8)14-7(6(11)12)13-3-9/h3-8,10-12H,2H2,1H3. The van der Waals surface area contributed by atoms with Crippen LogP contribution in [-0.4, -0.2) is 58.3 Å². The van der Waals surface area contributed by atoms with E-state index in [4.69, 9.17) is 25.2 Å². The number of rotatable bonds is 7. The van der Waals surface area contributed by atoms with Gasteiger partial charge in [-0.3, -0.25) is 4.79 Å². The molecule has 0 fully saturated rings. The number of ether oxygens (including phenoxy) is 2. The van der Waals surface area contributed by atoms with Crippen molar-refractivity contribution in [2.75, 3.05) is 6.61 Å². The molecule has 0 aromatic rings. The lowest BCUT2D eigenvalue weighted by Crippen LogP contribution is -2.40.